The average Bonchev–Trinajstić information content (AvgIpc) is 3.22. The van der Waals surface area contributed by atoms with Crippen LogP contribution in [0.1, 0.15) is 30.2 Å². The van der Waals surface area contributed by atoms with E-state index in [2.05, 4.69) is 33.3 Å². The van der Waals surface area contributed by atoms with Crippen molar-refractivity contribution in [3.05, 3.63) is 77.5 Å². The van der Waals surface area contributed by atoms with Crippen LogP contribution in [0.2, 0.25) is 0 Å². The topological polar surface area (TPSA) is 95.3 Å². The molecule has 2 aliphatic carbocycles. The van der Waals surface area contributed by atoms with Crippen molar-refractivity contribution in [2.24, 2.45) is 11.8 Å². The Balaban J connectivity index is 1.82. The van der Waals surface area contributed by atoms with E-state index in [4.69, 9.17) is 5.10 Å². The molecular formula is C23H19N5O. The van der Waals surface area contributed by atoms with Crippen molar-refractivity contribution in [2.75, 3.05) is 0 Å². The second kappa shape index (κ2) is 6.49. The number of ketones is 1. The lowest BCUT2D eigenvalue weighted by atomic mass is 9.54. The lowest BCUT2D eigenvalue weighted by molar-refractivity contribution is -0.121. The fourth-order valence-electron chi connectivity index (χ4n) is 5.10. The zero-order chi connectivity index (χ0) is 20.0. The van der Waals surface area contributed by atoms with Crippen molar-refractivity contribution in [1.29, 1.82) is 5.26 Å². The summed E-state index contributed by atoms with van der Waals surface area (Å²) in [5.74, 6) is -0.270. The predicted molar refractivity (Wildman–Crippen MR) is 107 cm³/mol. The first kappa shape index (κ1) is 17.5. The number of fused-ring (bicyclic) bond motifs is 3. The molecule has 5 rings (SSSR count). The monoisotopic (exact) mass is 381 g/mol. The largest absolute Gasteiger partial charge is 0.293 e. The third-order valence-corrected chi connectivity index (χ3v) is 6.42. The second-order valence-electron chi connectivity index (χ2n) is 7.76. The maximum Gasteiger partial charge on any atom is 0.176 e. The molecule has 0 spiro atoms. The summed E-state index contributed by atoms with van der Waals surface area (Å²) in [5, 5.41) is 17.6. The van der Waals surface area contributed by atoms with Crippen LogP contribution >= 0.6 is 0 Å². The summed E-state index contributed by atoms with van der Waals surface area (Å²) in [6.45, 7) is 1.94. The number of nitrogens with zero attached hydrogens (tertiary/aromatic N) is 4. The molecule has 3 aromatic rings. The van der Waals surface area contributed by atoms with Gasteiger partial charge >= 0.3 is 0 Å². The van der Waals surface area contributed by atoms with E-state index in [1.807, 2.05) is 31.2 Å². The predicted octanol–water partition coefficient (Wildman–Crippen LogP) is 3.38. The van der Waals surface area contributed by atoms with E-state index in [1.165, 1.54) is 6.33 Å². The lowest BCUT2D eigenvalue weighted by Gasteiger charge is -2.46. The number of aromatic nitrogens is 4. The zero-order valence-electron chi connectivity index (χ0n) is 16.0. The third kappa shape index (κ3) is 2.40. The number of allylic oxidation sites excluding steroid dienone is 2. The van der Waals surface area contributed by atoms with Crippen molar-refractivity contribution in [2.45, 2.75) is 25.2 Å². The fraction of sp³-hybridized carbons (Fsp3) is 0.261. The number of H-pyrrole nitrogens is 1. The van der Waals surface area contributed by atoms with Crippen LogP contribution in [0.4, 0.5) is 0 Å². The summed E-state index contributed by atoms with van der Waals surface area (Å²) >= 11 is 0. The molecule has 6 heteroatoms. The third-order valence-electron chi connectivity index (χ3n) is 6.42. The highest BCUT2D eigenvalue weighted by Gasteiger charge is 2.53. The Labute approximate surface area is 168 Å². The molecule has 1 N–H and O–H groups in total. The number of nitrogens with one attached hydrogen (secondary N) is 1. The summed E-state index contributed by atoms with van der Waals surface area (Å²) in [6.07, 6.45) is 8.55. The molecule has 29 heavy (non-hydrogen) atoms. The summed E-state index contributed by atoms with van der Waals surface area (Å²) in [6, 6.07) is 12.2. The molecule has 0 aliphatic heterocycles. The first-order valence-electron chi connectivity index (χ1n) is 9.72. The number of Topliss-reactive ketones (excluding diaryl/α,β-unsaturated/α-hetero) is 1. The van der Waals surface area contributed by atoms with Crippen LogP contribution in [-0.4, -0.2) is 25.9 Å². The van der Waals surface area contributed by atoms with Crippen molar-refractivity contribution in [3.63, 3.8) is 0 Å². The van der Waals surface area contributed by atoms with Crippen LogP contribution < -0.4 is 0 Å². The summed E-state index contributed by atoms with van der Waals surface area (Å²) in [4.78, 5) is 21.1. The van der Waals surface area contributed by atoms with Crippen LogP contribution in [0, 0.1) is 23.2 Å². The van der Waals surface area contributed by atoms with Crippen molar-refractivity contribution in [3.8, 4) is 17.3 Å². The standard InChI is InChI=1S/C23H19N5O/c1-14-19-8-7-18-20(16-11-25-13-26-12-16)27-28-22(18)23(19,9-15(10-24)21(14)29)17-5-3-2-4-6-17/h2-6,9,11-14,19H,7-8H2,1H3,(H,27,28)/t14-,19-,23+/m0/s1. The number of hydrogen-bond acceptors (Lipinski definition) is 5. The van der Waals surface area contributed by atoms with E-state index in [9.17, 15) is 10.1 Å². The van der Waals surface area contributed by atoms with Gasteiger partial charge in [0.1, 0.15) is 12.4 Å². The SMILES string of the molecule is C[C@@H]1C(=O)C(C#N)=C[C@]2(c3ccccc3)c3n[nH]c(-c4cncnc4)c3CC[C@@H]12. The smallest absolute Gasteiger partial charge is 0.176 e. The highest BCUT2D eigenvalue weighted by atomic mass is 16.1. The number of benzene rings is 1. The van der Waals surface area contributed by atoms with Crippen LogP contribution in [0.3, 0.4) is 0 Å². The van der Waals surface area contributed by atoms with Crippen molar-refractivity contribution in [1.82, 2.24) is 20.2 Å². The molecule has 142 valence electrons. The molecule has 6 nitrogen and oxygen atoms in total. The molecule has 3 atom stereocenters. The van der Waals surface area contributed by atoms with E-state index >= 15 is 0 Å². The maximum atomic E-state index is 12.8. The van der Waals surface area contributed by atoms with E-state index in [-0.39, 0.29) is 23.2 Å². The molecule has 0 saturated carbocycles. The van der Waals surface area contributed by atoms with E-state index < -0.39 is 5.41 Å². The van der Waals surface area contributed by atoms with Gasteiger partial charge in [0.2, 0.25) is 0 Å². The highest BCUT2D eigenvalue weighted by molar-refractivity contribution is 6.02. The van der Waals surface area contributed by atoms with Crippen LogP contribution in [-0.2, 0) is 16.6 Å². The molecule has 1 aromatic carbocycles. The number of nitriles is 1. The maximum absolute atomic E-state index is 12.8. The molecule has 0 saturated heterocycles. The van der Waals surface area contributed by atoms with Gasteiger partial charge in [0.15, 0.2) is 5.78 Å². The first-order chi connectivity index (χ1) is 14.2. The summed E-state index contributed by atoms with van der Waals surface area (Å²) in [5.41, 5.74) is 4.45. The number of carbonyl (C=O) groups is 1. The summed E-state index contributed by atoms with van der Waals surface area (Å²) in [7, 11) is 0. The minimum atomic E-state index is -0.613. The van der Waals surface area contributed by atoms with Gasteiger partial charge in [0.05, 0.1) is 22.4 Å². The minimum Gasteiger partial charge on any atom is -0.293 e. The van der Waals surface area contributed by atoms with E-state index in [0.29, 0.717) is 0 Å². The normalized spacial score (nSPS) is 25.5. The van der Waals surface area contributed by atoms with Gasteiger partial charge < -0.3 is 0 Å². The van der Waals surface area contributed by atoms with E-state index in [0.717, 1.165) is 40.9 Å². The van der Waals surface area contributed by atoms with Gasteiger partial charge in [-0.2, -0.15) is 10.4 Å². The average molecular weight is 381 g/mol. The molecular weight excluding hydrogens is 362 g/mol. The molecule has 0 fully saturated rings. The molecule has 0 bridgehead atoms. The molecule has 0 amide bonds. The van der Waals surface area contributed by atoms with Crippen LogP contribution in [0.25, 0.3) is 11.3 Å². The number of rotatable bonds is 2. The molecule has 0 unspecified atom stereocenters. The molecule has 0 radical (unpaired) electrons. The van der Waals surface area contributed by atoms with Gasteiger partial charge in [0, 0.05) is 29.4 Å². The van der Waals surface area contributed by atoms with Gasteiger partial charge in [-0.1, -0.05) is 37.3 Å². The van der Waals surface area contributed by atoms with Crippen molar-refractivity contribution >= 4 is 5.78 Å². The number of hydrogen-bond donors (Lipinski definition) is 1. The molecule has 2 aromatic heterocycles. The Morgan fingerprint density at radius 3 is 2.69 bits per heavy atom. The quantitative estimate of drug-likeness (QED) is 0.734. The first-order valence-corrected chi connectivity index (χ1v) is 9.72. The van der Waals surface area contributed by atoms with Crippen LogP contribution in [0.5, 0.6) is 0 Å². The lowest BCUT2D eigenvalue weighted by Crippen LogP contribution is -2.48. The zero-order valence-corrected chi connectivity index (χ0v) is 16.0. The van der Waals surface area contributed by atoms with Gasteiger partial charge in [-0.05, 0) is 30.4 Å². The van der Waals surface area contributed by atoms with Gasteiger partial charge in [-0.25, -0.2) is 9.97 Å². The molecule has 2 aliphatic rings. The minimum absolute atomic E-state index is 0.0465. The van der Waals surface area contributed by atoms with Crippen molar-refractivity contribution < 1.29 is 4.79 Å². The molecule has 2 heterocycles. The number of carbonyl (C=O) groups excluding carboxylic acids is 1. The van der Waals surface area contributed by atoms with Gasteiger partial charge in [-0.3, -0.25) is 9.89 Å². The Kier molecular flexibility index (Phi) is 3.92. The van der Waals surface area contributed by atoms with Gasteiger partial charge in [-0.15, -0.1) is 0 Å². The number of aromatic amines is 1. The van der Waals surface area contributed by atoms with E-state index in [1.54, 1.807) is 12.4 Å². The summed E-state index contributed by atoms with van der Waals surface area (Å²) < 4.78 is 0. The fourth-order valence-corrected chi connectivity index (χ4v) is 5.10. The Hall–Kier alpha value is -3.59. The second-order valence-corrected chi connectivity index (χ2v) is 7.76. The Bertz CT molecular complexity index is 1160. The van der Waals surface area contributed by atoms with Crippen LogP contribution in [0.15, 0.2) is 60.7 Å². The Morgan fingerprint density at radius 1 is 1.21 bits per heavy atom. The Morgan fingerprint density at radius 2 is 1.97 bits per heavy atom. The van der Waals surface area contributed by atoms with Gasteiger partial charge in [0.25, 0.3) is 0 Å². The highest BCUT2D eigenvalue weighted by Crippen LogP contribution is 2.54.